The van der Waals surface area contributed by atoms with Crippen LogP contribution in [-0.4, -0.2) is 41.6 Å². The molecule has 2 unspecified atom stereocenters. The number of hydrogen-bond acceptors (Lipinski definition) is 2. The number of urea groups is 1. The van der Waals surface area contributed by atoms with Gasteiger partial charge in [0.25, 0.3) is 0 Å². The lowest BCUT2D eigenvalue weighted by Gasteiger charge is -2.26. The van der Waals surface area contributed by atoms with Crippen molar-refractivity contribution in [2.45, 2.75) is 39.5 Å². The molecule has 0 aromatic rings. The molecule has 0 radical (unpaired) electrons. The summed E-state index contributed by atoms with van der Waals surface area (Å²) in [5.74, 6) is -1.19. The largest absolute Gasteiger partial charge is 0.481 e. The molecule has 0 aromatic carbocycles. The Labute approximate surface area is 114 Å². The van der Waals surface area contributed by atoms with Crippen molar-refractivity contribution in [1.82, 2.24) is 10.2 Å². The molecule has 1 aliphatic heterocycles. The van der Waals surface area contributed by atoms with Crippen molar-refractivity contribution in [1.29, 1.82) is 0 Å². The van der Waals surface area contributed by atoms with Crippen LogP contribution in [0.4, 0.5) is 4.79 Å². The van der Waals surface area contributed by atoms with Crippen molar-refractivity contribution in [2.24, 2.45) is 17.3 Å². The van der Waals surface area contributed by atoms with E-state index < -0.39 is 11.9 Å². The molecule has 5 heteroatoms. The van der Waals surface area contributed by atoms with Crippen molar-refractivity contribution in [3.63, 3.8) is 0 Å². The molecule has 2 fully saturated rings. The molecular formula is C14H24N2O3. The summed E-state index contributed by atoms with van der Waals surface area (Å²) in [4.78, 5) is 24.8. The average Bonchev–Trinajstić information content (AvgIpc) is 2.93. The Morgan fingerprint density at radius 3 is 2.47 bits per heavy atom. The molecule has 0 aromatic heterocycles. The topological polar surface area (TPSA) is 69.6 Å². The number of rotatable bonds is 3. The third kappa shape index (κ3) is 3.19. The van der Waals surface area contributed by atoms with Crippen LogP contribution in [0.15, 0.2) is 0 Å². The Morgan fingerprint density at radius 2 is 1.95 bits per heavy atom. The zero-order valence-corrected chi connectivity index (χ0v) is 11.8. The van der Waals surface area contributed by atoms with Crippen LogP contribution in [0, 0.1) is 17.3 Å². The molecule has 2 rings (SSSR count). The maximum absolute atomic E-state index is 12.1. The van der Waals surface area contributed by atoms with E-state index >= 15 is 0 Å². The first-order valence-electron chi connectivity index (χ1n) is 7.17. The average molecular weight is 268 g/mol. The molecule has 0 spiro atoms. The number of likely N-dealkylation sites (tertiary alicyclic amines) is 1. The highest BCUT2D eigenvalue weighted by atomic mass is 16.4. The molecule has 1 aliphatic carbocycles. The van der Waals surface area contributed by atoms with E-state index in [1.54, 1.807) is 4.90 Å². The quantitative estimate of drug-likeness (QED) is 0.821. The minimum atomic E-state index is -0.800. The summed E-state index contributed by atoms with van der Waals surface area (Å²) in [5.41, 5.74) is 0.229. The lowest BCUT2D eigenvalue weighted by molar-refractivity contribution is -0.142. The minimum absolute atomic E-state index is 0.0327. The normalized spacial score (nSPS) is 29.5. The van der Waals surface area contributed by atoms with Gasteiger partial charge in [-0.1, -0.05) is 26.7 Å². The summed E-state index contributed by atoms with van der Waals surface area (Å²) in [7, 11) is 0. The van der Waals surface area contributed by atoms with E-state index in [1.807, 2.05) is 6.92 Å². The van der Waals surface area contributed by atoms with E-state index in [2.05, 4.69) is 12.2 Å². The second-order valence-electron chi connectivity index (χ2n) is 6.50. The predicted octanol–water partition coefficient (Wildman–Crippen LogP) is 1.93. The second-order valence-corrected chi connectivity index (χ2v) is 6.50. The number of carboxylic acid groups (broad SMARTS) is 1. The van der Waals surface area contributed by atoms with Gasteiger partial charge in [0, 0.05) is 19.6 Å². The summed E-state index contributed by atoms with van der Waals surface area (Å²) >= 11 is 0. The molecule has 2 aliphatic rings. The molecule has 2 N–H and O–H groups in total. The third-order valence-electron chi connectivity index (χ3n) is 4.69. The van der Waals surface area contributed by atoms with Crippen molar-refractivity contribution >= 4 is 12.0 Å². The van der Waals surface area contributed by atoms with Gasteiger partial charge in [0.2, 0.25) is 0 Å². The highest BCUT2D eigenvalue weighted by Gasteiger charge is 2.37. The van der Waals surface area contributed by atoms with Crippen LogP contribution in [0.5, 0.6) is 0 Å². The SMILES string of the molecule is CC1CN(C(=O)NCC2(C)CCCC2)CC1C(=O)O. The van der Waals surface area contributed by atoms with Crippen molar-refractivity contribution in [3.8, 4) is 0 Å². The van der Waals surface area contributed by atoms with Gasteiger partial charge in [-0.05, 0) is 24.2 Å². The smallest absolute Gasteiger partial charge is 0.317 e. The van der Waals surface area contributed by atoms with Gasteiger partial charge in [-0.25, -0.2) is 4.79 Å². The Bertz CT molecular complexity index is 364. The van der Waals surface area contributed by atoms with E-state index in [-0.39, 0.29) is 17.4 Å². The third-order valence-corrected chi connectivity index (χ3v) is 4.69. The number of nitrogens with zero attached hydrogens (tertiary/aromatic N) is 1. The second kappa shape index (κ2) is 5.39. The number of carboxylic acids is 1. The fraction of sp³-hybridized carbons (Fsp3) is 0.857. The monoisotopic (exact) mass is 268 g/mol. The predicted molar refractivity (Wildman–Crippen MR) is 71.8 cm³/mol. The van der Waals surface area contributed by atoms with Gasteiger partial charge >= 0.3 is 12.0 Å². The highest BCUT2D eigenvalue weighted by Crippen LogP contribution is 2.36. The minimum Gasteiger partial charge on any atom is -0.481 e. The maximum atomic E-state index is 12.1. The Balaban J connectivity index is 1.82. The van der Waals surface area contributed by atoms with Crippen LogP contribution in [0.3, 0.4) is 0 Å². The zero-order chi connectivity index (χ0) is 14.0. The Morgan fingerprint density at radius 1 is 1.32 bits per heavy atom. The van der Waals surface area contributed by atoms with Crippen LogP contribution in [0.2, 0.25) is 0 Å². The zero-order valence-electron chi connectivity index (χ0n) is 11.8. The van der Waals surface area contributed by atoms with Crippen LogP contribution >= 0.6 is 0 Å². The first-order valence-corrected chi connectivity index (χ1v) is 7.17. The van der Waals surface area contributed by atoms with E-state index in [9.17, 15) is 9.59 Å². The molecule has 0 bridgehead atoms. The van der Waals surface area contributed by atoms with Gasteiger partial charge in [0.05, 0.1) is 5.92 Å². The summed E-state index contributed by atoms with van der Waals surface area (Å²) in [5, 5.41) is 12.0. The van der Waals surface area contributed by atoms with Gasteiger partial charge in [-0.3, -0.25) is 4.79 Å². The van der Waals surface area contributed by atoms with Gasteiger partial charge in [-0.15, -0.1) is 0 Å². The molecule has 2 amide bonds. The molecule has 19 heavy (non-hydrogen) atoms. The summed E-state index contributed by atoms with van der Waals surface area (Å²) in [6, 6.07) is -0.108. The molecule has 2 atom stereocenters. The van der Waals surface area contributed by atoms with E-state index in [4.69, 9.17) is 5.11 Å². The first-order chi connectivity index (χ1) is 8.91. The van der Waals surface area contributed by atoms with Gasteiger partial charge < -0.3 is 15.3 Å². The van der Waals surface area contributed by atoms with Crippen molar-refractivity contribution < 1.29 is 14.7 Å². The van der Waals surface area contributed by atoms with E-state index in [0.29, 0.717) is 19.6 Å². The fourth-order valence-corrected chi connectivity index (χ4v) is 3.26. The van der Waals surface area contributed by atoms with Gasteiger partial charge in [0.1, 0.15) is 0 Å². The lowest BCUT2D eigenvalue weighted by Crippen LogP contribution is -2.43. The first kappa shape index (κ1) is 14.2. The lowest BCUT2D eigenvalue weighted by atomic mass is 9.89. The Kier molecular flexibility index (Phi) is 4.02. The number of nitrogens with one attached hydrogen (secondary N) is 1. The van der Waals surface area contributed by atoms with E-state index in [1.165, 1.54) is 25.7 Å². The standard InChI is InChI=1S/C14H24N2O3/c1-10-7-16(8-11(10)12(17)18)13(19)15-9-14(2)5-3-4-6-14/h10-11H,3-9H2,1-2H3,(H,15,19)(H,17,18). The number of aliphatic carboxylic acids is 1. The van der Waals surface area contributed by atoms with Crippen LogP contribution in [0.25, 0.3) is 0 Å². The Hall–Kier alpha value is -1.26. The molecular weight excluding hydrogens is 244 g/mol. The molecule has 1 saturated carbocycles. The van der Waals surface area contributed by atoms with Crippen LogP contribution in [-0.2, 0) is 4.79 Å². The fourth-order valence-electron chi connectivity index (χ4n) is 3.26. The number of amides is 2. The van der Waals surface area contributed by atoms with E-state index in [0.717, 1.165) is 0 Å². The van der Waals surface area contributed by atoms with Crippen LogP contribution < -0.4 is 5.32 Å². The van der Waals surface area contributed by atoms with Gasteiger partial charge in [0.15, 0.2) is 0 Å². The summed E-state index contributed by atoms with van der Waals surface area (Å²) < 4.78 is 0. The molecule has 1 heterocycles. The molecule has 5 nitrogen and oxygen atoms in total. The van der Waals surface area contributed by atoms with Gasteiger partial charge in [-0.2, -0.15) is 0 Å². The number of carbonyl (C=O) groups excluding carboxylic acids is 1. The number of carbonyl (C=O) groups is 2. The van der Waals surface area contributed by atoms with Crippen molar-refractivity contribution in [3.05, 3.63) is 0 Å². The highest BCUT2D eigenvalue weighted by molar-refractivity contribution is 5.77. The summed E-state index contributed by atoms with van der Waals surface area (Å²) in [6.07, 6.45) is 4.82. The summed E-state index contributed by atoms with van der Waals surface area (Å²) in [6.45, 7) is 5.68. The molecule has 1 saturated heterocycles. The maximum Gasteiger partial charge on any atom is 0.317 e. The van der Waals surface area contributed by atoms with Crippen molar-refractivity contribution in [2.75, 3.05) is 19.6 Å². The number of hydrogen-bond donors (Lipinski definition) is 2. The molecule has 108 valence electrons. The van der Waals surface area contributed by atoms with Crippen LogP contribution in [0.1, 0.15) is 39.5 Å².